The normalized spacial score (nSPS) is 10.7. The van der Waals surface area contributed by atoms with E-state index in [-0.39, 0.29) is 17.6 Å². The van der Waals surface area contributed by atoms with E-state index in [2.05, 4.69) is 20.8 Å². The molecule has 0 spiro atoms. The monoisotopic (exact) mass is 501 g/mol. The number of anilines is 2. The number of benzene rings is 3. The third-order valence-electron chi connectivity index (χ3n) is 5.55. The highest BCUT2D eigenvalue weighted by Crippen LogP contribution is 2.32. The smallest absolute Gasteiger partial charge is 0.255 e. The van der Waals surface area contributed by atoms with E-state index in [4.69, 9.17) is 4.74 Å². The average molecular weight is 502 g/mol. The van der Waals surface area contributed by atoms with Crippen molar-refractivity contribution in [3.8, 4) is 17.1 Å². The maximum Gasteiger partial charge on any atom is 0.255 e. The third-order valence-corrected chi connectivity index (χ3v) is 6.57. The minimum atomic E-state index is -0.220. The Balaban J connectivity index is 1.42. The Kier molecular flexibility index (Phi) is 7.70. The van der Waals surface area contributed by atoms with E-state index in [9.17, 15) is 9.59 Å². The maximum atomic E-state index is 12.7. The van der Waals surface area contributed by atoms with Crippen LogP contribution in [-0.4, -0.2) is 39.4 Å². The fourth-order valence-electron chi connectivity index (χ4n) is 3.67. The van der Waals surface area contributed by atoms with Gasteiger partial charge in [0.2, 0.25) is 5.91 Å². The number of methoxy groups -OCH3 is 1. The topological polar surface area (TPSA) is 98.1 Å². The molecule has 1 heterocycles. The molecule has 1 aromatic heterocycles. The fraction of sp³-hybridized carbons (Fsp3) is 0.185. The summed E-state index contributed by atoms with van der Waals surface area (Å²) < 4.78 is 7.35. The van der Waals surface area contributed by atoms with Crippen LogP contribution in [0.2, 0.25) is 0 Å². The van der Waals surface area contributed by atoms with Gasteiger partial charge in [-0.1, -0.05) is 53.7 Å². The van der Waals surface area contributed by atoms with E-state index in [1.807, 2.05) is 67.9 Å². The highest BCUT2D eigenvalue weighted by atomic mass is 32.2. The van der Waals surface area contributed by atoms with Crippen molar-refractivity contribution in [2.75, 3.05) is 23.5 Å². The third kappa shape index (κ3) is 5.75. The molecule has 0 aliphatic carbocycles. The Morgan fingerprint density at radius 3 is 2.44 bits per heavy atom. The van der Waals surface area contributed by atoms with Crippen molar-refractivity contribution in [1.82, 2.24) is 14.8 Å². The lowest BCUT2D eigenvalue weighted by atomic mass is 10.1. The number of nitrogens with one attached hydrogen (secondary N) is 2. The van der Waals surface area contributed by atoms with Crippen LogP contribution in [0.25, 0.3) is 11.4 Å². The first-order valence-corrected chi connectivity index (χ1v) is 12.3. The van der Waals surface area contributed by atoms with Gasteiger partial charge in [-0.3, -0.25) is 9.59 Å². The number of hydrogen-bond donors (Lipinski definition) is 2. The molecule has 2 amide bonds. The van der Waals surface area contributed by atoms with Gasteiger partial charge in [0, 0.05) is 29.9 Å². The summed E-state index contributed by atoms with van der Waals surface area (Å²) in [6.45, 7) is 3.89. The summed E-state index contributed by atoms with van der Waals surface area (Å²) in [5, 5.41) is 15.0. The van der Waals surface area contributed by atoms with E-state index in [0.717, 1.165) is 22.5 Å². The summed E-state index contributed by atoms with van der Waals surface area (Å²) in [5.74, 6) is 0.908. The van der Waals surface area contributed by atoms with Gasteiger partial charge in [-0.05, 0) is 43.7 Å². The second-order valence-electron chi connectivity index (χ2n) is 8.26. The molecule has 0 unspecified atom stereocenters. The van der Waals surface area contributed by atoms with E-state index >= 15 is 0 Å². The van der Waals surface area contributed by atoms with Crippen LogP contribution in [0.4, 0.5) is 11.4 Å². The summed E-state index contributed by atoms with van der Waals surface area (Å²) in [6, 6.07) is 20.5. The average Bonchev–Trinajstić information content (AvgIpc) is 3.25. The first-order chi connectivity index (χ1) is 17.4. The number of carbonyl (C=O) groups is 2. The van der Waals surface area contributed by atoms with Crippen LogP contribution in [0.15, 0.2) is 71.9 Å². The molecule has 9 heteroatoms. The molecule has 3 aromatic carbocycles. The number of carbonyl (C=O) groups excluding carboxylic acids is 2. The Labute approximate surface area is 214 Å². The number of aryl methyl sites for hydroxylation is 2. The van der Waals surface area contributed by atoms with E-state index in [0.29, 0.717) is 27.8 Å². The van der Waals surface area contributed by atoms with Crippen LogP contribution in [-0.2, 0) is 11.8 Å². The number of aromatic nitrogens is 3. The number of ether oxygens (including phenoxy) is 1. The van der Waals surface area contributed by atoms with Gasteiger partial charge in [0.05, 0.1) is 18.6 Å². The largest absolute Gasteiger partial charge is 0.494 e. The first kappa shape index (κ1) is 25.0. The summed E-state index contributed by atoms with van der Waals surface area (Å²) in [5.41, 5.74) is 4.59. The molecule has 0 atom stereocenters. The fourth-order valence-corrected chi connectivity index (χ4v) is 4.38. The molecule has 0 aliphatic heterocycles. The molecule has 8 nitrogen and oxygen atoms in total. The predicted octanol–water partition coefficient (Wildman–Crippen LogP) is 5.09. The van der Waals surface area contributed by atoms with E-state index in [1.54, 1.807) is 24.3 Å². The zero-order valence-corrected chi connectivity index (χ0v) is 21.3. The van der Waals surface area contributed by atoms with Crippen molar-refractivity contribution in [2.45, 2.75) is 19.0 Å². The molecule has 184 valence electrons. The van der Waals surface area contributed by atoms with Gasteiger partial charge in [-0.2, -0.15) is 0 Å². The molecule has 2 N–H and O–H groups in total. The van der Waals surface area contributed by atoms with Crippen molar-refractivity contribution in [2.24, 2.45) is 7.05 Å². The second kappa shape index (κ2) is 11.1. The Morgan fingerprint density at radius 1 is 0.944 bits per heavy atom. The zero-order chi connectivity index (χ0) is 25.7. The Hall–Kier alpha value is -4.11. The van der Waals surface area contributed by atoms with Crippen LogP contribution >= 0.6 is 11.8 Å². The highest BCUT2D eigenvalue weighted by molar-refractivity contribution is 7.99. The van der Waals surface area contributed by atoms with Crippen LogP contribution < -0.4 is 15.4 Å². The number of hydrogen-bond acceptors (Lipinski definition) is 6. The minimum Gasteiger partial charge on any atom is -0.494 e. The van der Waals surface area contributed by atoms with Gasteiger partial charge in [-0.15, -0.1) is 10.2 Å². The van der Waals surface area contributed by atoms with Gasteiger partial charge in [0.25, 0.3) is 5.91 Å². The lowest BCUT2D eigenvalue weighted by Gasteiger charge is -2.15. The quantitative estimate of drug-likeness (QED) is 0.326. The molecule has 0 radical (unpaired) electrons. The first-order valence-electron chi connectivity index (χ1n) is 11.3. The minimum absolute atomic E-state index is 0.147. The van der Waals surface area contributed by atoms with Crippen LogP contribution in [0.1, 0.15) is 21.5 Å². The summed E-state index contributed by atoms with van der Waals surface area (Å²) in [6.07, 6.45) is 0. The Morgan fingerprint density at radius 2 is 1.72 bits per heavy atom. The number of amides is 2. The predicted molar refractivity (Wildman–Crippen MR) is 143 cm³/mol. The molecular weight excluding hydrogens is 474 g/mol. The standard InChI is InChI=1S/C27H27N5O3S/c1-17-9-8-12-20(13-17)25-30-31-27(32(25)3)36-16-24(33)28-22-14-18(2)21(15-23(22)35-4)29-26(34)19-10-6-5-7-11-19/h5-15H,16H2,1-4H3,(H,28,33)(H,29,34). The molecule has 0 bridgehead atoms. The van der Waals surface area contributed by atoms with Crippen LogP contribution in [0, 0.1) is 13.8 Å². The lowest BCUT2D eigenvalue weighted by molar-refractivity contribution is -0.113. The van der Waals surface area contributed by atoms with Gasteiger partial charge in [-0.25, -0.2) is 0 Å². The molecular formula is C27H27N5O3S. The van der Waals surface area contributed by atoms with Crippen molar-refractivity contribution < 1.29 is 14.3 Å². The van der Waals surface area contributed by atoms with Gasteiger partial charge in [0.15, 0.2) is 11.0 Å². The summed E-state index contributed by atoms with van der Waals surface area (Å²) in [7, 11) is 3.40. The molecule has 4 aromatic rings. The van der Waals surface area contributed by atoms with E-state index < -0.39 is 0 Å². The highest BCUT2D eigenvalue weighted by Gasteiger charge is 2.16. The van der Waals surface area contributed by atoms with Crippen LogP contribution in [0.3, 0.4) is 0 Å². The van der Waals surface area contributed by atoms with Crippen molar-refractivity contribution >= 4 is 35.0 Å². The molecule has 0 saturated carbocycles. The second-order valence-corrected chi connectivity index (χ2v) is 9.20. The zero-order valence-electron chi connectivity index (χ0n) is 20.5. The number of thioether (sulfide) groups is 1. The van der Waals surface area contributed by atoms with Crippen molar-refractivity contribution in [3.05, 3.63) is 83.4 Å². The number of nitrogens with zero attached hydrogens (tertiary/aromatic N) is 3. The molecule has 36 heavy (non-hydrogen) atoms. The summed E-state index contributed by atoms with van der Waals surface area (Å²) in [4.78, 5) is 25.3. The van der Waals surface area contributed by atoms with Crippen molar-refractivity contribution in [3.63, 3.8) is 0 Å². The molecule has 0 fully saturated rings. The maximum absolute atomic E-state index is 12.7. The van der Waals surface area contributed by atoms with Crippen LogP contribution in [0.5, 0.6) is 5.75 Å². The lowest BCUT2D eigenvalue weighted by Crippen LogP contribution is -2.16. The van der Waals surface area contributed by atoms with Gasteiger partial charge >= 0.3 is 0 Å². The molecule has 0 saturated heterocycles. The molecule has 4 rings (SSSR count). The SMILES string of the molecule is COc1cc(NC(=O)c2ccccc2)c(C)cc1NC(=O)CSc1nnc(-c2cccc(C)c2)n1C. The molecule has 0 aliphatic rings. The van der Waals surface area contributed by atoms with Crippen molar-refractivity contribution in [1.29, 1.82) is 0 Å². The number of rotatable bonds is 8. The van der Waals surface area contributed by atoms with Gasteiger partial charge in [0.1, 0.15) is 5.75 Å². The summed E-state index contributed by atoms with van der Waals surface area (Å²) >= 11 is 1.30. The van der Waals surface area contributed by atoms with Gasteiger partial charge < -0.3 is 19.9 Å². The Bertz CT molecular complexity index is 1400. The van der Waals surface area contributed by atoms with E-state index in [1.165, 1.54) is 18.9 Å².